The van der Waals surface area contributed by atoms with Crippen molar-refractivity contribution >= 4 is 0 Å². The minimum Gasteiger partial charge on any atom is -0.332 e. The number of halogens is 6. The largest absolute Gasteiger partial charge is 0.454 e. The van der Waals surface area contributed by atoms with Gasteiger partial charge in [-0.2, -0.15) is 17.6 Å². The maximum atomic E-state index is 12.0. The highest BCUT2D eigenvalue weighted by Crippen LogP contribution is 2.39. The first-order valence-corrected chi connectivity index (χ1v) is 2.22. The Labute approximate surface area is 57.9 Å². The SMILES string of the molecule is [CH2]OC(F)(C(F)F)C(F)(F)F. The van der Waals surface area contributed by atoms with Gasteiger partial charge in [-0.15, -0.1) is 0 Å². The normalized spacial score (nSPS) is 18.5. The van der Waals surface area contributed by atoms with Gasteiger partial charge in [0.25, 0.3) is 0 Å². The molecule has 0 saturated heterocycles. The Morgan fingerprint density at radius 3 is 1.45 bits per heavy atom. The van der Waals surface area contributed by atoms with Crippen LogP contribution in [0.1, 0.15) is 0 Å². The van der Waals surface area contributed by atoms with Crippen LogP contribution in [0.2, 0.25) is 0 Å². The van der Waals surface area contributed by atoms with Gasteiger partial charge in [-0.05, 0) is 0 Å². The van der Waals surface area contributed by atoms with Gasteiger partial charge >= 0.3 is 18.5 Å². The highest BCUT2D eigenvalue weighted by Gasteiger charge is 2.64. The van der Waals surface area contributed by atoms with E-state index < -0.39 is 18.5 Å². The molecular formula is C4H3F6O. The Morgan fingerprint density at radius 2 is 1.45 bits per heavy atom. The first kappa shape index (κ1) is 10.5. The van der Waals surface area contributed by atoms with Crippen molar-refractivity contribution in [2.24, 2.45) is 0 Å². The molecule has 0 aromatic carbocycles. The van der Waals surface area contributed by atoms with Crippen LogP contribution in [0.25, 0.3) is 0 Å². The van der Waals surface area contributed by atoms with Crippen molar-refractivity contribution in [1.82, 2.24) is 0 Å². The number of ether oxygens (including phenoxy) is 1. The van der Waals surface area contributed by atoms with E-state index in [1.54, 1.807) is 0 Å². The summed E-state index contributed by atoms with van der Waals surface area (Å²) < 4.78 is 71.4. The van der Waals surface area contributed by atoms with Crippen molar-refractivity contribution in [3.05, 3.63) is 7.11 Å². The Kier molecular flexibility index (Phi) is 2.76. The molecule has 0 N–H and O–H groups in total. The lowest BCUT2D eigenvalue weighted by Crippen LogP contribution is -2.48. The third kappa shape index (κ3) is 1.76. The molecule has 1 nitrogen and oxygen atoms in total. The van der Waals surface area contributed by atoms with Crippen molar-refractivity contribution in [1.29, 1.82) is 0 Å². The standard InChI is InChI=1S/C4H3F6O/c1-11-3(7,2(5)6)4(8,9)10/h2H,1H2. The Hall–Kier alpha value is -0.460. The van der Waals surface area contributed by atoms with Crippen LogP contribution in [-0.4, -0.2) is 18.5 Å². The average Bonchev–Trinajstić information content (AvgIpc) is 1.83. The molecule has 0 spiro atoms. The van der Waals surface area contributed by atoms with Gasteiger partial charge in [-0.3, -0.25) is 0 Å². The van der Waals surface area contributed by atoms with Crippen LogP contribution in [0, 0.1) is 7.11 Å². The summed E-state index contributed by atoms with van der Waals surface area (Å²) in [7, 11) is 1.97. The predicted octanol–water partition coefficient (Wildman–Crippen LogP) is 2.29. The second kappa shape index (κ2) is 2.88. The molecule has 0 aromatic heterocycles. The van der Waals surface area contributed by atoms with Gasteiger partial charge in [-0.1, -0.05) is 0 Å². The lowest BCUT2D eigenvalue weighted by Gasteiger charge is -2.24. The zero-order chi connectivity index (χ0) is 9.28. The molecule has 0 aliphatic carbocycles. The monoisotopic (exact) mass is 181 g/mol. The van der Waals surface area contributed by atoms with E-state index in [0.29, 0.717) is 0 Å². The molecule has 11 heavy (non-hydrogen) atoms. The first-order valence-electron chi connectivity index (χ1n) is 2.22. The minimum atomic E-state index is -5.77. The van der Waals surface area contributed by atoms with Gasteiger partial charge in [0, 0.05) is 0 Å². The molecule has 0 aliphatic rings. The maximum Gasteiger partial charge on any atom is 0.454 e. The van der Waals surface area contributed by atoms with Crippen LogP contribution >= 0.6 is 0 Å². The number of hydrogen-bond donors (Lipinski definition) is 0. The average molecular weight is 181 g/mol. The molecule has 1 unspecified atom stereocenters. The fourth-order valence-corrected chi connectivity index (χ4v) is 0.269. The summed E-state index contributed by atoms with van der Waals surface area (Å²) in [5.41, 5.74) is 0. The van der Waals surface area contributed by atoms with Crippen molar-refractivity contribution in [3.8, 4) is 0 Å². The Morgan fingerprint density at radius 1 is 1.09 bits per heavy atom. The number of hydrogen-bond acceptors (Lipinski definition) is 1. The summed E-state index contributed by atoms with van der Waals surface area (Å²) >= 11 is 0. The third-order valence-corrected chi connectivity index (χ3v) is 0.877. The molecular weight excluding hydrogens is 178 g/mol. The Bertz CT molecular complexity index is 131. The van der Waals surface area contributed by atoms with Crippen LogP contribution in [0.4, 0.5) is 26.3 Å². The quantitative estimate of drug-likeness (QED) is 0.594. The molecule has 0 rings (SSSR count). The molecule has 7 heteroatoms. The number of rotatable bonds is 2. The summed E-state index contributed by atoms with van der Waals surface area (Å²) in [5.74, 6) is -4.97. The summed E-state index contributed by atoms with van der Waals surface area (Å²) in [5, 5.41) is 0. The maximum absolute atomic E-state index is 12.0. The van der Waals surface area contributed by atoms with Gasteiger partial charge in [0.2, 0.25) is 0 Å². The van der Waals surface area contributed by atoms with Crippen molar-refractivity contribution < 1.29 is 31.1 Å². The molecule has 1 radical (unpaired) electrons. The Balaban J connectivity index is 4.61. The first-order chi connectivity index (χ1) is 4.75. The topological polar surface area (TPSA) is 9.23 Å². The smallest absolute Gasteiger partial charge is 0.332 e. The molecule has 0 aromatic rings. The molecule has 67 valence electrons. The van der Waals surface area contributed by atoms with Crippen LogP contribution in [0.5, 0.6) is 0 Å². The summed E-state index contributed by atoms with van der Waals surface area (Å²) in [6, 6.07) is 0. The highest BCUT2D eigenvalue weighted by molar-refractivity contribution is 4.80. The molecule has 0 aliphatic heterocycles. The van der Waals surface area contributed by atoms with Gasteiger partial charge in [-0.25, -0.2) is 8.78 Å². The zero-order valence-corrected chi connectivity index (χ0v) is 4.96. The van der Waals surface area contributed by atoms with Crippen LogP contribution in [0.3, 0.4) is 0 Å². The molecule has 0 amide bonds. The van der Waals surface area contributed by atoms with Crippen molar-refractivity contribution in [2.45, 2.75) is 18.5 Å². The van der Waals surface area contributed by atoms with E-state index in [-0.39, 0.29) is 0 Å². The van der Waals surface area contributed by atoms with Crippen LogP contribution in [0.15, 0.2) is 0 Å². The van der Waals surface area contributed by atoms with E-state index in [4.69, 9.17) is 0 Å². The molecule has 0 fully saturated rings. The van der Waals surface area contributed by atoms with Crippen molar-refractivity contribution in [3.63, 3.8) is 0 Å². The second-order valence-corrected chi connectivity index (χ2v) is 1.59. The fraction of sp³-hybridized carbons (Fsp3) is 0.750. The zero-order valence-electron chi connectivity index (χ0n) is 4.96. The van der Waals surface area contributed by atoms with E-state index in [2.05, 4.69) is 4.74 Å². The summed E-state index contributed by atoms with van der Waals surface area (Å²) in [6.45, 7) is 0. The lowest BCUT2D eigenvalue weighted by atomic mass is 10.3. The summed E-state index contributed by atoms with van der Waals surface area (Å²) in [6.07, 6.45) is -10.1. The third-order valence-electron chi connectivity index (χ3n) is 0.877. The summed E-state index contributed by atoms with van der Waals surface area (Å²) in [4.78, 5) is 0. The van der Waals surface area contributed by atoms with E-state index in [0.717, 1.165) is 0 Å². The molecule has 0 heterocycles. The van der Waals surface area contributed by atoms with Crippen LogP contribution in [-0.2, 0) is 4.74 Å². The van der Waals surface area contributed by atoms with E-state index in [9.17, 15) is 26.3 Å². The van der Waals surface area contributed by atoms with Crippen molar-refractivity contribution in [2.75, 3.05) is 0 Å². The van der Waals surface area contributed by atoms with Gasteiger partial charge < -0.3 is 4.74 Å². The van der Waals surface area contributed by atoms with Gasteiger partial charge in [0.15, 0.2) is 0 Å². The van der Waals surface area contributed by atoms with E-state index in [1.165, 1.54) is 0 Å². The highest BCUT2D eigenvalue weighted by atomic mass is 19.4. The second-order valence-electron chi connectivity index (χ2n) is 1.59. The van der Waals surface area contributed by atoms with Gasteiger partial charge in [0.1, 0.15) is 0 Å². The molecule has 0 bridgehead atoms. The number of alkyl halides is 6. The molecule has 0 saturated carbocycles. The predicted molar refractivity (Wildman–Crippen MR) is 22.3 cm³/mol. The van der Waals surface area contributed by atoms with Crippen LogP contribution < -0.4 is 0 Å². The molecule has 1 atom stereocenters. The van der Waals surface area contributed by atoms with E-state index >= 15 is 0 Å². The fourth-order valence-electron chi connectivity index (χ4n) is 0.269. The van der Waals surface area contributed by atoms with Gasteiger partial charge in [0.05, 0.1) is 7.11 Å². The van der Waals surface area contributed by atoms with E-state index in [1.807, 2.05) is 7.11 Å². The lowest BCUT2D eigenvalue weighted by molar-refractivity contribution is -0.355. The minimum absolute atomic E-state index is 1.97.